The Kier molecular flexibility index (Phi) is 5.72. The van der Waals surface area contributed by atoms with Crippen molar-refractivity contribution < 1.29 is 4.79 Å². The molecule has 0 bridgehead atoms. The van der Waals surface area contributed by atoms with Crippen LogP contribution in [0.25, 0.3) is 22.2 Å². The van der Waals surface area contributed by atoms with Gasteiger partial charge < -0.3 is 20.5 Å². The van der Waals surface area contributed by atoms with Crippen LogP contribution in [0.3, 0.4) is 0 Å². The highest BCUT2D eigenvalue weighted by atomic mass is 16.1. The zero-order valence-corrected chi connectivity index (χ0v) is 17.0. The third-order valence-corrected chi connectivity index (χ3v) is 4.69. The van der Waals surface area contributed by atoms with E-state index in [0.717, 1.165) is 34.4 Å². The fourth-order valence-corrected chi connectivity index (χ4v) is 3.14. The van der Waals surface area contributed by atoms with Crippen molar-refractivity contribution in [1.29, 1.82) is 0 Å². The van der Waals surface area contributed by atoms with E-state index in [9.17, 15) is 4.79 Å². The molecule has 7 heteroatoms. The van der Waals surface area contributed by atoms with Crippen molar-refractivity contribution in [2.45, 2.75) is 0 Å². The summed E-state index contributed by atoms with van der Waals surface area (Å²) in [4.78, 5) is 26.5. The van der Waals surface area contributed by atoms with Crippen LogP contribution >= 0.6 is 0 Å². The molecule has 0 aliphatic heterocycles. The molecule has 0 saturated heterocycles. The average molecular weight is 400 g/mol. The Balaban J connectivity index is 1.50. The first kappa shape index (κ1) is 19.6. The van der Waals surface area contributed by atoms with Gasteiger partial charge in [-0.1, -0.05) is 30.3 Å². The zero-order chi connectivity index (χ0) is 20.9. The van der Waals surface area contributed by atoms with Gasteiger partial charge in [-0.05, 0) is 44.4 Å². The number of anilines is 2. The van der Waals surface area contributed by atoms with Gasteiger partial charge in [0.25, 0.3) is 5.91 Å². The normalized spacial score (nSPS) is 11.0. The van der Waals surface area contributed by atoms with Gasteiger partial charge in [-0.15, -0.1) is 0 Å². The van der Waals surface area contributed by atoms with Gasteiger partial charge in [-0.2, -0.15) is 0 Å². The van der Waals surface area contributed by atoms with Gasteiger partial charge in [-0.3, -0.25) is 4.79 Å². The van der Waals surface area contributed by atoms with Crippen molar-refractivity contribution in [3.63, 3.8) is 0 Å². The predicted octanol–water partition coefficient (Wildman–Crippen LogP) is 3.66. The van der Waals surface area contributed by atoms with E-state index in [1.54, 1.807) is 6.20 Å². The van der Waals surface area contributed by atoms with Crippen molar-refractivity contribution in [3.8, 4) is 11.3 Å². The van der Waals surface area contributed by atoms with Crippen LogP contribution in [-0.2, 0) is 0 Å². The Morgan fingerprint density at radius 3 is 2.70 bits per heavy atom. The summed E-state index contributed by atoms with van der Waals surface area (Å²) in [6.45, 7) is 1.39. The third-order valence-electron chi connectivity index (χ3n) is 4.69. The van der Waals surface area contributed by atoms with Crippen LogP contribution in [-0.4, -0.2) is 52.9 Å². The molecule has 0 spiro atoms. The van der Waals surface area contributed by atoms with Gasteiger partial charge in [0.15, 0.2) is 0 Å². The highest BCUT2D eigenvalue weighted by Crippen LogP contribution is 2.23. The van der Waals surface area contributed by atoms with E-state index in [0.29, 0.717) is 18.2 Å². The van der Waals surface area contributed by atoms with Crippen LogP contribution in [0, 0.1) is 0 Å². The maximum atomic E-state index is 12.3. The van der Waals surface area contributed by atoms with E-state index in [-0.39, 0.29) is 5.91 Å². The Morgan fingerprint density at radius 2 is 1.90 bits per heavy atom. The van der Waals surface area contributed by atoms with Crippen molar-refractivity contribution in [2.24, 2.45) is 0 Å². The van der Waals surface area contributed by atoms with E-state index in [1.807, 2.05) is 79.7 Å². The van der Waals surface area contributed by atoms with E-state index < -0.39 is 0 Å². The molecule has 2 heterocycles. The molecule has 0 radical (unpaired) electrons. The number of likely N-dealkylation sites (N-methyl/N-ethyl adjacent to an activating group) is 1. The lowest BCUT2D eigenvalue weighted by Crippen LogP contribution is -2.31. The summed E-state index contributed by atoms with van der Waals surface area (Å²) in [6.07, 6.45) is 1.74. The van der Waals surface area contributed by atoms with Crippen LogP contribution < -0.4 is 10.6 Å². The Bertz CT molecular complexity index is 1150. The van der Waals surface area contributed by atoms with Crippen LogP contribution in [0.2, 0.25) is 0 Å². The van der Waals surface area contributed by atoms with Crippen LogP contribution in [0.1, 0.15) is 10.5 Å². The van der Waals surface area contributed by atoms with Gasteiger partial charge in [0, 0.05) is 41.4 Å². The van der Waals surface area contributed by atoms with E-state index in [4.69, 9.17) is 0 Å². The molecule has 3 N–H and O–H groups in total. The summed E-state index contributed by atoms with van der Waals surface area (Å²) in [7, 11) is 3.95. The molecular weight excluding hydrogens is 376 g/mol. The SMILES string of the molecule is CN(C)CCNC(=O)c1cc2cc(Nc3nccc(-c4ccccc4)n3)ccc2[nH]1. The second kappa shape index (κ2) is 8.75. The van der Waals surface area contributed by atoms with Gasteiger partial charge in [0.1, 0.15) is 5.69 Å². The summed E-state index contributed by atoms with van der Waals surface area (Å²) in [5.41, 5.74) is 4.19. The topological polar surface area (TPSA) is 85.9 Å². The van der Waals surface area contributed by atoms with Gasteiger partial charge in [0.2, 0.25) is 5.95 Å². The van der Waals surface area contributed by atoms with E-state index in [2.05, 4.69) is 25.6 Å². The minimum atomic E-state index is -0.110. The molecule has 2 aromatic carbocycles. The molecular formula is C23H24N6O. The molecule has 7 nitrogen and oxygen atoms in total. The number of hydrogen-bond acceptors (Lipinski definition) is 5. The first-order valence-electron chi connectivity index (χ1n) is 9.80. The molecule has 0 aliphatic carbocycles. The molecule has 30 heavy (non-hydrogen) atoms. The highest BCUT2D eigenvalue weighted by Gasteiger charge is 2.10. The summed E-state index contributed by atoms with van der Waals surface area (Å²) in [5.74, 6) is 0.411. The lowest BCUT2D eigenvalue weighted by atomic mass is 10.1. The minimum Gasteiger partial charge on any atom is -0.351 e. The average Bonchev–Trinajstić information content (AvgIpc) is 3.18. The lowest BCUT2D eigenvalue weighted by Gasteiger charge is -2.09. The number of carbonyl (C=O) groups excluding carboxylic acids is 1. The maximum Gasteiger partial charge on any atom is 0.267 e. The first-order valence-corrected chi connectivity index (χ1v) is 9.80. The molecule has 0 saturated carbocycles. The molecule has 0 fully saturated rings. The molecule has 2 aromatic heterocycles. The number of H-pyrrole nitrogens is 1. The van der Waals surface area contributed by atoms with Gasteiger partial charge in [0.05, 0.1) is 5.69 Å². The fraction of sp³-hybridized carbons (Fsp3) is 0.174. The Hall–Kier alpha value is -3.71. The Labute approximate surface area is 175 Å². The number of aromatic amines is 1. The zero-order valence-electron chi connectivity index (χ0n) is 17.0. The van der Waals surface area contributed by atoms with Crippen molar-refractivity contribution >= 4 is 28.4 Å². The van der Waals surface area contributed by atoms with Crippen molar-refractivity contribution in [1.82, 2.24) is 25.2 Å². The van der Waals surface area contributed by atoms with E-state index in [1.165, 1.54) is 0 Å². The maximum absolute atomic E-state index is 12.3. The fourth-order valence-electron chi connectivity index (χ4n) is 3.14. The highest BCUT2D eigenvalue weighted by molar-refractivity contribution is 5.98. The summed E-state index contributed by atoms with van der Waals surface area (Å²) < 4.78 is 0. The molecule has 4 aromatic rings. The summed E-state index contributed by atoms with van der Waals surface area (Å²) >= 11 is 0. The lowest BCUT2D eigenvalue weighted by molar-refractivity contribution is 0.0947. The second-order valence-corrected chi connectivity index (χ2v) is 7.30. The first-order chi connectivity index (χ1) is 14.6. The minimum absolute atomic E-state index is 0.110. The number of hydrogen-bond donors (Lipinski definition) is 3. The van der Waals surface area contributed by atoms with Gasteiger partial charge >= 0.3 is 0 Å². The standard InChI is InChI=1S/C23H24N6O/c1-29(2)13-12-24-22(30)21-15-17-14-18(8-9-19(17)27-21)26-23-25-11-10-20(28-23)16-6-4-3-5-7-16/h3-11,14-15,27H,12-13H2,1-2H3,(H,24,30)(H,25,26,28). The number of carbonyl (C=O) groups is 1. The molecule has 4 rings (SSSR count). The number of nitrogens with one attached hydrogen (secondary N) is 3. The summed E-state index contributed by atoms with van der Waals surface area (Å²) in [6, 6.07) is 19.6. The molecule has 0 atom stereocenters. The number of nitrogens with zero attached hydrogens (tertiary/aromatic N) is 3. The van der Waals surface area contributed by atoms with Crippen LogP contribution in [0.4, 0.5) is 11.6 Å². The summed E-state index contributed by atoms with van der Waals surface area (Å²) in [5, 5.41) is 7.11. The number of amides is 1. The number of fused-ring (bicyclic) bond motifs is 1. The van der Waals surface area contributed by atoms with Crippen LogP contribution in [0.5, 0.6) is 0 Å². The van der Waals surface area contributed by atoms with Gasteiger partial charge in [-0.25, -0.2) is 9.97 Å². The second-order valence-electron chi connectivity index (χ2n) is 7.30. The molecule has 1 amide bonds. The van der Waals surface area contributed by atoms with Crippen molar-refractivity contribution in [3.05, 3.63) is 72.6 Å². The van der Waals surface area contributed by atoms with Crippen LogP contribution in [0.15, 0.2) is 66.9 Å². The quantitative estimate of drug-likeness (QED) is 0.441. The predicted molar refractivity (Wildman–Crippen MR) is 120 cm³/mol. The number of aromatic nitrogens is 3. The van der Waals surface area contributed by atoms with Crippen molar-refractivity contribution in [2.75, 3.05) is 32.5 Å². The number of benzene rings is 2. The molecule has 0 unspecified atom stereocenters. The Morgan fingerprint density at radius 1 is 1.07 bits per heavy atom. The smallest absolute Gasteiger partial charge is 0.267 e. The molecule has 0 aliphatic rings. The number of rotatable bonds is 7. The molecule has 152 valence electrons. The third kappa shape index (κ3) is 4.64. The monoisotopic (exact) mass is 400 g/mol. The largest absolute Gasteiger partial charge is 0.351 e. The van der Waals surface area contributed by atoms with E-state index >= 15 is 0 Å².